The number of benzene rings is 1. The minimum absolute atomic E-state index is 0. The summed E-state index contributed by atoms with van der Waals surface area (Å²) in [7, 11) is 0. The highest BCUT2D eigenvalue weighted by Crippen LogP contribution is 2.40. The van der Waals surface area contributed by atoms with Crippen LogP contribution in [0.4, 0.5) is 13.2 Å². The Morgan fingerprint density at radius 2 is 1.68 bits per heavy atom. The van der Waals surface area contributed by atoms with Crippen LogP contribution in [-0.2, 0) is 0 Å². The standard InChI is InChI=1S/C15H21F3N2O.ClH/c1-15(2,9-21)14(20-5-3-19-4-6-20)13-11(17)7-10(16)8-12(13)18;/h7-8,14,19,21H,3-6,9H2,1-2H3;1H/t14-;/m0./s1. The fraction of sp³-hybridized carbons (Fsp3) is 0.600. The first-order chi connectivity index (χ1) is 9.86. The highest BCUT2D eigenvalue weighted by Gasteiger charge is 2.39. The third-order valence-electron chi connectivity index (χ3n) is 3.98. The van der Waals surface area contributed by atoms with Crippen LogP contribution >= 0.6 is 12.4 Å². The van der Waals surface area contributed by atoms with Gasteiger partial charge in [-0.05, 0) is 0 Å². The fourth-order valence-electron chi connectivity index (χ4n) is 2.91. The van der Waals surface area contributed by atoms with E-state index >= 15 is 0 Å². The zero-order chi connectivity index (χ0) is 15.6. The van der Waals surface area contributed by atoms with Gasteiger partial charge in [0, 0.05) is 61.9 Å². The second-order valence-electron chi connectivity index (χ2n) is 6.12. The van der Waals surface area contributed by atoms with Gasteiger partial charge in [-0.3, -0.25) is 4.90 Å². The van der Waals surface area contributed by atoms with Crippen LogP contribution in [0.2, 0.25) is 0 Å². The van der Waals surface area contributed by atoms with Gasteiger partial charge in [0.1, 0.15) is 17.5 Å². The van der Waals surface area contributed by atoms with Gasteiger partial charge in [-0.15, -0.1) is 12.4 Å². The van der Waals surface area contributed by atoms with E-state index in [0.29, 0.717) is 38.3 Å². The Balaban J connectivity index is 0.00000242. The highest BCUT2D eigenvalue weighted by molar-refractivity contribution is 5.85. The second kappa shape index (κ2) is 7.64. The summed E-state index contributed by atoms with van der Waals surface area (Å²) in [6.45, 7) is 5.93. The number of aliphatic hydroxyl groups excluding tert-OH is 1. The lowest BCUT2D eigenvalue weighted by Crippen LogP contribution is -2.50. The third-order valence-corrected chi connectivity index (χ3v) is 3.98. The van der Waals surface area contributed by atoms with Crippen molar-refractivity contribution in [2.45, 2.75) is 19.9 Å². The number of aliphatic hydroxyl groups is 1. The quantitative estimate of drug-likeness (QED) is 0.885. The Morgan fingerprint density at radius 1 is 1.18 bits per heavy atom. The van der Waals surface area contributed by atoms with E-state index in [1.807, 2.05) is 4.90 Å². The molecule has 0 aromatic heterocycles. The van der Waals surface area contributed by atoms with Crippen LogP contribution in [0.3, 0.4) is 0 Å². The molecule has 0 aliphatic carbocycles. The van der Waals surface area contributed by atoms with Gasteiger partial charge in [0.2, 0.25) is 0 Å². The maximum absolute atomic E-state index is 14.2. The average molecular weight is 339 g/mol. The molecular weight excluding hydrogens is 317 g/mol. The molecule has 1 aliphatic rings. The Bertz CT molecular complexity index is 485. The van der Waals surface area contributed by atoms with E-state index < -0.39 is 28.9 Å². The lowest BCUT2D eigenvalue weighted by molar-refractivity contribution is 0.0265. The molecule has 0 unspecified atom stereocenters. The van der Waals surface area contributed by atoms with Gasteiger partial charge in [0.15, 0.2) is 0 Å². The van der Waals surface area contributed by atoms with E-state index in [0.717, 1.165) is 0 Å². The molecule has 1 aromatic rings. The van der Waals surface area contributed by atoms with Crippen molar-refractivity contribution >= 4 is 12.4 Å². The topological polar surface area (TPSA) is 35.5 Å². The highest BCUT2D eigenvalue weighted by atomic mass is 35.5. The summed E-state index contributed by atoms with van der Waals surface area (Å²) in [4.78, 5) is 1.94. The number of halogens is 4. The van der Waals surface area contributed by atoms with Gasteiger partial charge < -0.3 is 10.4 Å². The molecule has 0 radical (unpaired) electrons. The molecule has 2 N–H and O–H groups in total. The van der Waals surface area contributed by atoms with Crippen molar-refractivity contribution in [3.63, 3.8) is 0 Å². The number of hydrogen-bond acceptors (Lipinski definition) is 3. The summed E-state index contributed by atoms with van der Waals surface area (Å²) >= 11 is 0. The zero-order valence-electron chi connectivity index (χ0n) is 12.7. The summed E-state index contributed by atoms with van der Waals surface area (Å²) in [6.07, 6.45) is 0. The minimum atomic E-state index is -0.936. The molecule has 2 rings (SSSR count). The van der Waals surface area contributed by atoms with Crippen molar-refractivity contribution in [1.82, 2.24) is 10.2 Å². The van der Waals surface area contributed by atoms with Crippen molar-refractivity contribution in [2.24, 2.45) is 5.41 Å². The normalized spacial score (nSPS) is 17.9. The van der Waals surface area contributed by atoms with E-state index in [-0.39, 0.29) is 24.6 Å². The van der Waals surface area contributed by atoms with Gasteiger partial charge >= 0.3 is 0 Å². The van der Waals surface area contributed by atoms with Gasteiger partial charge in [0.25, 0.3) is 0 Å². The Labute approximate surface area is 134 Å². The summed E-state index contributed by atoms with van der Waals surface area (Å²) in [6, 6.07) is 0.743. The molecule has 1 heterocycles. The Kier molecular flexibility index (Phi) is 6.67. The van der Waals surface area contributed by atoms with Crippen LogP contribution in [0.1, 0.15) is 25.5 Å². The monoisotopic (exact) mass is 338 g/mol. The molecule has 0 bridgehead atoms. The molecule has 22 heavy (non-hydrogen) atoms. The lowest BCUT2D eigenvalue weighted by atomic mass is 9.79. The van der Waals surface area contributed by atoms with Crippen molar-refractivity contribution in [1.29, 1.82) is 0 Å². The van der Waals surface area contributed by atoms with E-state index in [1.165, 1.54) is 0 Å². The van der Waals surface area contributed by atoms with Crippen LogP contribution < -0.4 is 5.32 Å². The summed E-state index contributed by atoms with van der Waals surface area (Å²) < 4.78 is 41.5. The van der Waals surface area contributed by atoms with Crippen LogP contribution in [0.15, 0.2) is 12.1 Å². The van der Waals surface area contributed by atoms with E-state index in [4.69, 9.17) is 0 Å². The summed E-state index contributed by atoms with van der Waals surface area (Å²) in [5.41, 5.74) is -0.922. The number of nitrogens with one attached hydrogen (secondary N) is 1. The van der Waals surface area contributed by atoms with E-state index in [2.05, 4.69) is 5.32 Å². The molecule has 1 saturated heterocycles. The Morgan fingerprint density at radius 3 is 2.14 bits per heavy atom. The first-order valence-electron chi connectivity index (χ1n) is 7.07. The average Bonchev–Trinajstić information content (AvgIpc) is 2.43. The van der Waals surface area contributed by atoms with Gasteiger partial charge in [-0.25, -0.2) is 13.2 Å². The SMILES string of the molecule is CC(C)(CO)[C@H](c1c(F)cc(F)cc1F)N1CCNCC1.Cl. The maximum Gasteiger partial charge on any atom is 0.133 e. The number of hydrogen-bond donors (Lipinski definition) is 2. The summed E-state index contributed by atoms with van der Waals surface area (Å²) in [5, 5.41) is 12.8. The van der Waals surface area contributed by atoms with Crippen molar-refractivity contribution in [3.05, 3.63) is 35.1 Å². The van der Waals surface area contributed by atoms with Crippen LogP contribution in [0, 0.1) is 22.9 Å². The van der Waals surface area contributed by atoms with Gasteiger partial charge in [-0.1, -0.05) is 13.8 Å². The summed E-state index contributed by atoms with van der Waals surface area (Å²) in [5.74, 6) is -2.75. The van der Waals surface area contributed by atoms with Crippen LogP contribution in [0.25, 0.3) is 0 Å². The van der Waals surface area contributed by atoms with Gasteiger partial charge in [0.05, 0.1) is 0 Å². The van der Waals surface area contributed by atoms with Crippen molar-refractivity contribution in [2.75, 3.05) is 32.8 Å². The zero-order valence-corrected chi connectivity index (χ0v) is 13.5. The number of nitrogens with zero attached hydrogens (tertiary/aromatic N) is 1. The van der Waals surface area contributed by atoms with Gasteiger partial charge in [-0.2, -0.15) is 0 Å². The van der Waals surface area contributed by atoms with Crippen molar-refractivity contribution in [3.8, 4) is 0 Å². The smallest absolute Gasteiger partial charge is 0.133 e. The molecule has 3 nitrogen and oxygen atoms in total. The first kappa shape index (κ1) is 19.2. The van der Waals surface area contributed by atoms with Crippen LogP contribution in [0.5, 0.6) is 0 Å². The molecule has 1 atom stereocenters. The number of piperazine rings is 1. The first-order valence-corrected chi connectivity index (χ1v) is 7.07. The third kappa shape index (κ3) is 3.93. The molecule has 0 spiro atoms. The predicted molar refractivity (Wildman–Crippen MR) is 81.6 cm³/mol. The number of rotatable bonds is 4. The molecule has 1 aliphatic heterocycles. The molecule has 0 saturated carbocycles. The lowest BCUT2D eigenvalue weighted by Gasteiger charge is -2.43. The molecular formula is C15H22ClF3N2O. The van der Waals surface area contributed by atoms with Crippen LogP contribution in [-0.4, -0.2) is 42.8 Å². The fourth-order valence-corrected chi connectivity index (χ4v) is 2.91. The minimum Gasteiger partial charge on any atom is -0.396 e. The molecule has 1 fully saturated rings. The molecule has 1 aromatic carbocycles. The van der Waals surface area contributed by atoms with Crippen molar-refractivity contribution < 1.29 is 18.3 Å². The molecule has 7 heteroatoms. The molecule has 126 valence electrons. The second-order valence-corrected chi connectivity index (χ2v) is 6.12. The maximum atomic E-state index is 14.2. The van der Waals surface area contributed by atoms with E-state index in [1.54, 1.807) is 13.8 Å². The molecule has 0 amide bonds. The largest absolute Gasteiger partial charge is 0.396 e. The van der Waals surface area contributed by atoms with E-state index in [9.17, 15) is 18.3 Å². The predicted octanol–water partition coefficient (Wildman–Crippen LogP) is 2.49. The Hall–Kier alpha value is -0.820.